The van der Waals surface area contributed by atoms with Crippen molar-refractivity contribution in [2.24, 2.45) is 0 Å². The first-order valence-electron chi connectivity index (χ1n) is 6.47. The number of rotatable bonds is 1. The zero-order valence-electron chi connectivity index (χ0n) is 11.4. The molecule has 0 spiro atoms. The van der Waals surface area contributed by atoms with Gasteiger partial charge in [-0.2, -0.15) is 0 Å². The summed E-state index contributed by atoms with van der Waals surface area (Å²) in [5.41, 5.74) is 4.24. The number of fused-ring (bicyclic) bond motifs is 1. The minimum atomic E-state index is 0.103. The highest BCUT2D eigenvalue weighted by Gasteiger charge is 2.27. The van der Waals surface area contributed by atoms with E-state index in [2.05, 4.69) is 46.0 Å². The number of hydrogen-bond acceptors (Lipinski definition) is 2. The smallest absolute Gasteiger partial charge is 0.246 e. The van der Waals surface area contributed by atoms with Gasteiger partial charge in [-0.05, 0) is 42.8 Å². The van der Waals surface area contributed by atoms with Crippen molar-refractivity contribution in [1.82, 2.24) is 0 Å². The van der Waals surface area contributed by atoms with Crippen molar-refractivity contribution in [1.29, 1.82) is 0 Å². The number of para-hydroxylation sites is 2. The Balaban J connectivity index is 2.15. The molecular formula is C16H15BrN2O. The molecule has 0 aliphatic carbocycles. The van der Waals surface area contributed by atoms with Crippen LogP contribution >= 0.6 is 15.9 Å². The highest BCUT2D eigenvalue weighted by atomic mass is 79.9. The van der Waals surface area contributed by atoms with Gasteiger partial charge in [0.25, 0.3) is 0 Å². The maximum Gasteiger partial charge on any atom is 0.246 e. The van der Waals surface area contributed by atoms with Crippen LogP contribution in [-0.2, 0) is 4.79 Å². The molecule has 2 aromatic rings. The highest BCUT2D eigenvalue weighted by molar-refractivity contribution is 9.10. The lowest BCUT2D eigenvalue weighted by atomic mass is 10.1. The molecule has 0 saturated heterocycles. The van der Waals surface area contributed by atoms with Gasteiger partial charge in [0.05, 0.1) is 11.4 Å². The summed E-state index contributed by atoms with van der Waals surface area (Å²) in [6, 6.07) is 14.1. The Kier molecular flexibility index (Phi) is 3.26. The van der Waals surface area contributed by atoms with E-state index in [1.807, 2.05) is 31.3 Å². The van der Waals surface area contributed by atoms with Gasteiger partial charge in [0.2, 0.25) is 5.91 Å². The van der Waals surface area contributed by atoms with Gasteiger partial charge in [-0.25, -0.2) is 0 Å². The second kappa shape index (κ2) is 4.94. The molecule has 1 amide bonds. The van der Waals surface area contributed by atoms with Crippen molar-refractivity contribution in [3.8, 4) is 0 Å². The Morgan fingerprint density at radius 2 is 1.75 bits per heavy atom. The van der Waals surface area contributed by atoms with E-state index in [1.165, 1.54) is 0 Å². The molecule has 20 heavy (non-hydrogen) atoms. The zero-order valence-corrected chi connectivity index (χ0v) is 13.0. The van der Waals surface area contributed by atoms with Gasteiger partial charge < -0.3 is 9.80 Å². The second-order valence-electron chi connectivity index (χ2n) is 4.96. The molecule has 1 aliphatic rings. The first-order valence-corrected chi connectivity index (χ1v) is 7.26. The number of anilines is 3. The molecule has 3 rings (SSSR count). The molecule has 3 nitrogen and oxygen atoms in total. The van der Waals surface area contributed by atoms with Gasteiger partial charge in [0.1, 0.15) is 6.54 Å². The quantitative estimate of drug-likeness (QED) is 0.792. The molecule has 2 aromatic carbocycles. The average molecular weight is 331 g/mol. The summed E-state index contributed by atoms with van der Waals surface area (Å²) in [5.74, 6) is 0.103. The van der Waals surface area contributed by atoms with Crippen LogP contribution in [0.5, 0.6) is 0 Å². The summed E-state index contributed by atoms with van der Waals surface area (Å²) < 4.78 is 1.05. The van der Waals surface area contributed by atoms with E-state index in [4.69, 9.17) is 0 Å². The number of amides is 1. The summed E-state index contributed by atoms with van der Waals surface area (Å²) in [6.07, 6.45) is 0. The molecular weight excluding hydrogens is 316 g/mol. The third-order valence-corrected chi connectivity index (χ3v) is 4.14. The van der Waals surface area contributed by atoms with Crippen LogP contribution in [0.15, 0.2) is 46.9 Å². The number of hydrogen-bond donors (Lipinski definition) is 0. The third kappa shape index (κ3) is 2.10. The van der Waals surface area contributed by atoms with Crippen LogP contribution in [0, 0.1) is 6.92 Å². The lowest BCUT2D eigenvalue weighted by molar-refractivity contribution is -0.117. The number of nitrogens with zero attached hydrogens (tertiary/aromatic N) is 2. The zero-order chi connectivity index (χ0) is 14.3. The van der Waals surface area contributed by atoms with E-state index in [9.17, 15) is 4.79 Å². The molecule has 1 heterocycles. The number of halogens is 1. The molecule has 0 atom stereocenters. The molecule has 0 radical (unpaired) electrons. The van der Waals surface area contributed by atoms with Crippen molar-refractivity contribution >= 4 is 38.9 Å². The molecule has 1 aliphatic heterocycles. The van der Waals surface area contributed by atoms with E-state index in [0.29, 0.717) is 6.54 Å². The van der Waals surface area contributed by atoms with Crippen molar-refractivity contribution in [3.63, 3.8) is 0 Å². The van der Waals surface area contributed by atoms with Crippen molar-refractivity contribution < 1.29 is 4.79 Å². The summed E-state index contributed by atoms with van der Waals surface area (Å²) in [4.78, 5) is 16.0. The van der Waals surface area contributed by atoms with E-state index in [0.717, 1.165) is 27.1 Å². The lowest BCUT2D eigenvalue weighted by Gasteiger charge is -2.36. The number of carbonyl (C=O) groups excluding carboxylic acids is 1. The first kappa shape index (κ1) is 13.2. The van der Waals surface area contributed by atoms with Crippen LogP contribution in [0.2, 0.25) is 0 Å². The molecule has 0 N–H and O–H groups in total. The van der Waals surface area contributed by atoms with Crippen LogP contribution in [-0.4, -0.2) is 19.5 Å². The first-order chi connectivity index (χ1) is 9.58. The molecule has 102 valence electrons. The second-order valence-corrected chi connectivity index (χ2v) is 5.87. The van der Waals surface area contributed by atoms with Crippen molar-refractivity contribution in [2.75, 3.05) is 23.4 Å². The fourth-order valence-corrected chi connectivity index (χ4v) is 3.05. The maximum absolute atomic E-state index is 12.2. The van der Waals surface area contributed by atoms with Crippen LogP contribution in [0.25, 0.3) is 0 Å². The number of benzene rings is 2. The Bertz CT molecular complexity index is 684. The molecule has 0 bridgehead atoms. The normalized spacial score (nSPS) is 14.4. The van der Waals surface area contributed by atoms with E-state index >= 15 is 0 Å². The maximum atomic E-state index is 12.2. The molecule has 4 heteroatoms. The largest absolute Gasteiger partial charge is 0.330 e. The standard InChI is InChI=1S/C16H15BrN2O/c1-11-9-12(17)7-8-13(11)19-10-16(20)18(2)14-5-3-4-6-15(14)19/h3-9H,10H2,1-2H3. The van der Waals surface area contributed by atoms with Gasteiger partial charge >= 0.3 is 0 Å². The minimum Gasteiger partial charge on any atom is -0.330 e. The summed E-state index contributed by atoms with van der Waals surface area (Å²) in [6.45, 7) is 2.43. The van der Waals surface area contributed by atoms with Gasteiger partial charge in [-0.15, -0.1) is 0 Å². The van der Waals surface area contributed by atoms with Gasteiger partial charge in [0, 0.05) is 17.2 Å². The molecule has 0 saturated carbocycles. The fraction of sp³-hybridized carbons (Fsp3) is 0.188. The Morgan fingerprint density at radius 1 is 1.05 bits per heavy atom. The Labute approximate surface area is 126 Å². The Hall–Kier alpha value is -1.81. The summed E-state index contributed by atoms with van der Waals surface area (Å²) >= 11 is 3.48. The SMILES string of the molecule is Cc1cc(Br)ccc1N1CC(=O)N(C)c2ccccc21. The van der Waals surface area contributed by atoms with E-state index in [1.54, 1.807) is 4.90 Å². The average Bonchev–Trinajstić information content (AvgIpc) is 2.43. The summed E-state index contributed by atoms with van der Waals surface area (Å²) in [5, 5.41) is 0. The predicted octanol–water partition coefficient (Wildman–Crippen LogP) is 3.87. The monoisotopic (exact) mass is 330 g/mol. The summed E-state index contributed by atoms with van der Waals surface area (Å²) in [7, 11) is 1.83. The number of aryl methyl sites for hydroxylation is 1. The van der Waals surface area contributed by atoms with Crippen LogP contribution < -0.4 is 9.80 Å². The topological polar surface area (TPSA) is 23.6 Å². The number of carbonyl (C=O) groups is 1. The fourth-order valence-electron chi connectivity index (χ4n) is 2.57. The van der Waals surface area contributed by atoms with Gasteiger partial charge in [0.15, 0.2) is 0 Å². The third-order valence-electron chi connectivity index (χ3n) is 3.65. The highest BCUT2D eigenvalue weighted by Crippen LogP contribution is 2.38. The van der Waals surface area contributed by atoms with Crippen molar-refractivity contribution in [3.05, 3.63) is 52.5 Å². The van der Waals surface area contributed by atoms with Crippen LogP contribution in [0.1, 0.15) is 5.56 Å². The van der Waals surface area contributed by atoms with Crippen LogP contribution in [0.4, 0.5) is 17.1 Å². The predicted molar refractivity (Wildman–Crippen MR) is 85.7 cm³/mol. The van der Waals surface area contributed by atoms with Gasteiger partial charge in [-0.3, -0.25) is 4.79 Å². The minimum absolute atomic E-state index is 0.103. The van der Waals surface area contributed by atoms with Crippen LogP contribution in [0.3, 0.4) is 0 Å². The van der Waals surface area contributed by atoms with Gasteiger partial charge in [-0.1, -0.05) is 28.1 Å². The van der Waals surface area contributed by atoms with Crippen molar-refractivity contribution in [2.45, 2.75) is 6.92 Å². The van der Waals surface area contributed by atoms with E-state index in [-0.39, 0.29) is 5.91 Å². The number of likely N-dealkylation sites (N-methyl/N-ethyl adjacent to an activating group) is 1. The molecule has 0 unspecified atom stereocenters. The lowest BCUT2D eigenvalue weighted by Crippen LogP contribution is -2.41. The molecule has 0 fully saturated rings. The Morgan fingerprint density at radius 3 is 2.45 bits per heavy atom. The molecule has 0 aromatic heterocycles. The van der Waals surface area contributed by atoms with E-state index < -0.39 is 0 Å².